The predicted molar refractivity (Wildman–Crippen MR) is 46.6 cm³/mol. The molecule has 0 fully saturated rings. The van der Waals surface area contributed by atoms with E-state index in [2.05, 4.69) is 10.7 Å². The quantitative estimate of drug-likeness (QED) is 0.296. The van der Waals surface area contributed by atoms with E-state index in [9.17, 15) is 9.18 Å². The summed E-state index contributed by atoms with van der Waals surface area (Å²) >= 11 is 1.22. The van der Waals surface area contributed by atoms with Gasteiger partial charge in [0.1, 0.15) is 0 Å². The van der Waals surface area contributed by atoms with Crippen LogP contribution in [0.2, 0.25) is 0 Å². The molecule has 0 aliphatic carbocycles. The van der Waals surface area contributed by atoms with Crippen LogP contribution in [0.15, 0.2) is 16.7 Å². The molecule has 1 amide bonds. The number of rotatable bonds is 2. The molecule has 0 rings (SSSR count). The number of nitrogens with zero attached hydrogens (tertiary/aromatic N) is 1. The van der Waals surface area contributed by atoms with E-state index in [0.29, 0.717) is 5.04 Å². The molecule has 0 aliphatic rings. The molecule has 0 saturated carbocycles. The van der Waals surface area contributed by atoms with Crippen LogP contribution in [-0.4, -0.2) is 22.3 Å². The second-order valence-electron chi connectivity index (χ2n) is 1.84. The average molecular weight is 192 g/mol. The summed E-state index contributed by atoms with van der Waals surface area (Å²) in [5, 5.41) is 9.23. The molecule has 0 bridgehead atoms. The van der Waals surface area contributed by atoms with Crippen molar-refractivity contribution in [2.75, 3.05) is 6.26 Å². The van der Waals surface area contributed by atoms with Gasteiger partial charge in [0.25, 0.3) is 11.8 Å². The van der Waals surface area contributed by atoms with Gasteiger partial charge in [0.15, 0.2) is 0 Å². The number of carbonyl (C=O) groups is 1. The smallest absolute Gasteiger partial charge is 0.283 e. The molecule has 0 radical (unpaired) electrons. The third-order valence-corrected chi connectivity index (χ3v) is 1.65. The standard InChI is InChI=1S/C6H9FN2O2S/c1-3(12-2)9-6(11)4(7)5(8)10/h11H,1-2H3,(H2,8,10)/b6-4-,9-3+. The molecular weight excluding hydrogens is 183 g/mol. The normalized spacial score (nSPS) is 14.1. The van der Waals surface area contributed by atoms with Gasteiger partial charge in [-0.05, 0) is 13.2 Å². The van der Waals surface area contributed by atoms with Crippen LogP contribution in [0.5, 0.6) is 0 Å². The van der Waals surface area contributed by atoms with Gasteiger partial charge in [0, 0.05) is 0 Å². The fraction of sp³-hybridized carbons (Fsp3) is 0.333. The van der Waals surface area contributed by atoms with Crippen LogP contribution in [0.25, 0.3) is 0 Å². The van der Waals surface area contributed by atoms with Gasteiger partial charge in [-0.1, -0.05) is 0 Å². The van der Waals surface area contributed by atoms with Gasteiger partial charge in [0.2, 0.25) is 5.83 Å². The number of hydrogen-bond acceptors (Lipinski definition) is 4. The molecule has 0 aliphatic heterocycles. The van der Waals surface area contributed by atoms with Gasteiger partial charge in [-0.2, -0.15) is 4.39 Å². The van der Waals surface area contributed by atoms with Gasteiger partial charge in [-0.3, -0.25) is 4.79 Å². The lowest BCUT2D eigenvalue weighted by molar-refractivity contribution is -0.116. The van der Waals surface area contributed by atoms with Crippen molar-refractivity contribution in [3.63, 3.8) is 0 Å². The van der Waals surface area contributed by atoms with Gasteiger partial charge in [0.05, 0.1) is 5.04 Å². The van der Waals surface area contributed by atoms with Gasteiger partial charge in [-0.15, -0.1) is 11.8 Å². The Labute approximate surface area is 73.4 Å². The summed E-state index contributed by atoms with van der Waals surface area (Å²) in [6, 6.07) is 0. The Bertz CT molecular complexity index is 250. The van der Waals surface area contributed by atoms with Crippen molar-refractivity contribution in [1.29, 1.82) is 0 Å². The van der Waals surface area contributed by atoms with Crippen molar-refractivity contribution in [2.24, 2.45) is 10.7 Å². The van der Waals surface area contributed by atoms with Gasteiger partial charge in [-0.25, -0.2) is 4.99 Å². The lowest BCUT2D eigenvalue weighted by Crippen LogP contribution is -2.12. The Balaban J connectivity index is 4.69. The highest BCUT2D eigenvalue weighted by molar-refractivity contribution is 8.13. The number of halogens is 1. The summed E-state index contributed by atoms with van der Waals surface area (Å²) in [6.45, 7) is 1.56. The van der Waals surface area contributed by atoms with E-state index in [1.54, 1.807) is 13.2 Å². The van der Waals surface area contributed by atoms with Crippen LogP contribution >= 0.6 is 11.8 Å². The van der Waals surface area contributed by atoms with Crippen LogP contribution in [-0.2, 0) is 4.79 Å². The van der Waals surface area contributed by atoms with Crippen LogP contribution in [0, 0.1) is 0 Å². The molecule has 0 atom stereocenters. The second kappa shape index (κ2) is 4.76. The van der Waals surface area contributed by atoms with Crippen LogP contribution < -0.4 is 5.73 Å². The van der Waals surface area contributed by atoms with Crippen molar-refractivity contribution in [3.8, 4) is 0 Å². The van der Waals surface area contributed by atoms with E-state index in [-0.39, 0.29) is 0 Å². The number of aliphatic imine (C=N–C) groups is 1. The first-order valence-electron chi connectivity index (χ1n) is 2.96. The van der Waals surface area contributed by atoms with Crippen molar-refractivity contribution in [1.82, 2.24) is 0 Å². The van der Waals surface area contributed by atoms with E-state index in [0.717, 1.165) is 0 Å². The highest BCUT2D eigenvalue weighted by Gasteiger charge is 2.10. The maximum atomic E-state index is 12.5. The highest BCUT2D eigenvalue weighted by atomic mass is 32.2. The number of nitrogens with two attached hydrogens (primary N) is 1. The molecule has 0 aromatic rings. The number of primary amides is 1. The minimum absolute atomic E-state index is 0.434. The molecule has 4 nitrogen and oxygen atoms in total. The molecule has 12 heavy (non-hydrogen) atoms. The summed E-state index contributed by atoms with van der Waals surface area (Å²) < 4.78 is 12.5. The zero-order valence-electron chi connectivity index (χ0n) is 6.67. The Kier molecular flexibility index (Phi) is 4.35. The first-order valence-corrected chi connectivity index (χ1v) is 4.19. The van der Waals surface area contributed by atoms with Gasteiger partial charge >= 0.3 is 0 Å². The average Bonchev–Trinajstić information content (AvgIpc) is 2.02. The van der Waals surface area contributed by atoms with Crippen LogP contribution in [0.4, 0.5) is 4.39 Å². The SMILES string of the molecule is CS/C(C)=N/C(O)=C(/F)C(N)=O. The first kappa shape index (κ1) is 11.0. The fourth-order valence-electron chi connectivity index (χ4n) is 0.354. The third-order valence-electron chi connectivity index (χ3n) is 0.971. The molecule has 0 aromatic carbocycles. The van der Waals surface area contributed by atoms with Crippen molar-refractivity contribution >= 4 is 22.7 Å². The molecule has 0 saturated heterocycles. The lowest BCUT2D eigenvalue weighted by Gasteiger charge is -1.95. The van der Waals surface area contributed by atoms with Gasteiger partial charge < -0.3 is 10.8 Å². The van der Waals surface area contributed by atoms with E-state index < -0.39 is 17.6 Å². The molecule has 0 aromatic heterocycles. The summed E-state index contributed by atoms with van der Waals surface area (Å²) in [4.78, 5) is 13.5. The number of aliphatic hydroxyl groups excluding tert-OH is 1. The van der Waals surface area contributed by atoms with Crippen LogP contribution in [0.3, 0.4) is 0 Å². The summed E-state index contributed by atoms with van der Waals surface area (Å²) in [5.41, 5.74) is 4.55. The van der Waals surface area contributed by atoms with E-state index in [1.165, 1.54) is 11.8 Å². The minimum atomic E-state index is -1.43. The summed E-state index contributed by atoms with van der Waals surface area (Å²) in [7, 11) is 0. The van der Waals surface area contributed by atoms with E-state index in [4.69, 9.17) is 5.11 Å². The summed E-state index contributed by atoms with van der Waals surface area (Å²) in [6.07, 6.45) is 1.70. The Hall–Kier alpha value is -1.04. The fourth-order valence-corrected chi connectivity index (χ4v) is 0.532. The van der Waals surface area contributed by atoms with E-state index in [1.807, 2.05) is 0 Å². The number of hydrogen-bond donors (Lipinski definition) is 2. The zero-order chi connectivity index (χ0) is 9.72. The Morgan fingerprint density at radius 3 is 2.50 bits per heavy atom. The number of aliphatic hydroxyl groups is 1. The monoisotopic (exact) mass is 192 g/mol. The Morgan fingerprint density at radius 2 is 2.17 bits per heavy atom. The van der Waals surface area contributed by atoms with Crippen molar-refractivity contribution < 1.29 is 14.3 Å². The molecule has 3 N–H and O–H groups in total. The lowest BCUT2D eigenvalue weighted by atomic mass is 10.5. The zero-order valence-corrected chi connectivity index (χ0v) is 7.48. The molecule has 0 unspecified atom stereocenters. The molecule has 68 valence electrons. The number of carbonyl (C=O) groups excluding carboxylic acids is 1. The maximum Gasteiger partial charge on any atom is 0.283 e. The molecule has 0 spiro atoms. The molecular formula is C6H9FN2O2S. The maximum absolute atomic E-state index is 12.5. The Morgan fingerprint density at radius 1 is 1.67 bits per heavy atom. The number of thioether (sulfide) groups is 1. The minimum Gasteiger partial charge on any atom is -0.491 e. The predicted octanol–water partition coefficient (Wildman–Crippen LogP) is 0.950. The van der Waals surface area contributed by atoms with Crippen molar-refractivity contribution in [2.45, 2.75) is 6.92 Å². The largest absolute Gasteiger partial charge is 0.491 e. The third kappa shape index (κ3) is 3.38. The van der Waals surface area contributed by atoms with Crippen molar-refractivity contribution in [3.05, 3.63) is 11.7 Å². The topological polar surface area (TPSA) is 75.7 Å². The first-order chi connectivity index (χ1) is 5.49. The number of amides is 1. The second-order valence-corrected chi connectivity index (χ2v) is 2.84. The van der Waals surface area contributed by atoms with E-state index >= 15 is 0 Å². The molecule has 6 heteroatoms. The molecule has 0 heterocycles. The highest BCUT2D eigenvalue weighted by Crippen LogP contribution is 2.07. The van der Waals surface area contributed by atoms with Crippen LogP contribution in [0.1, 0.15) is 6.92 Å². The summed E-state index contributed by atoms with van der Waals surface area (Å²) in [5.74, 6) is -3.73.